The molecule has 0 heterocycles. The Morgan fingerprint density at radius 3 is 2.39 bits per heavy atom. The Morgan fingerprint density at radius 2 is 1.83 bits per heavy atom. The van der Waals surface area contributed by atoms with Crippen LogP contribution in [0.25, 0.3) is 0 Å². The molecule has 0 radical (unpaired) electrons. The van der Waals surface area contributed by atoms with Gasteiger partial charge in [-0.25, -0.2) is 0 Å². The second-order valence-corrected chi connectivity index (χ2v) is 5.23. The van der Waals surface area contributed by atoms with Crippen molar-refractivity contribution in [3.8, 4) is 0 Å². The Labute approximate surface area is 109 Å². The van der Waals surface area contributed by atoms with E-state index in [1.54, 1.807) is 0 Å². The van der Waals surface area contributed by atoms with Crippen molar-refractivity contribution in [1.29, 1.82) is 0 Å². The predicted octanol–water partition coefficient (Wildman–Crippen LogP) is 3.23. The Morgan fingerprint density at radius 1 is 1.22 bits per heavy atom. The second kappa shape index (κ2) is 6.01. The molecule has 0 bridgehead atoms. The highest BCUT2D eigenvalue weighted by molar-refractivity contribution is 5.92. The average Bonchev–Trinajstić information content (AvgIpc) is 2.40. The fraction of sp³-hybridized carbons (Fsp3) is 0.533. The molecule has 1 atom stereocenters. The zero-order valence-electron chi connectivity index (χ0n) is 11.0. The fourth-order valence-corrected chi connectivity index (χ4v) is 2.48. The summed E-state index contributed by atoms with van der Waals surface area (Å²) in [7, 11) is 0. The maximum atomic E-state index is 12.1. The second-order valence-electron chi connectivity index (χ2n) is 5.23. The van der Waals surface area contributed by atoms with Crippen LogP contribution in [0, 0.1) is 5.92 Å². The molecule has 1 aromatic rings. The highest BCUT2D eigenvalue weighted by Gasteiger charge is 2.20. The molecular weight excluding hydrogens is 224 g/mol. The van der Waals surface area contributed by atoms with Gasteiger partial charge in [0.2, 0.25) is 5.91 Å². The quantitative estimate of drug-likeness (QED) is 0.860. The molecule has 1 aliphatic rings. The largest absolute Gasteiger partial charge is 0.326 e. The lowest BCUT2D eigenvalue weighted by molar-refractivity contribution is -0.120. The molecule has 0 aliphatic heterocycles. The predicted molar refractivity (Wildman–Crippen MR) is 74.2 cm³/mol. The molecule has 1 fully saturated rings. The van der Waals surface area contributed by atoms with E-state index in [-0.39, 0.29) is 17.9 Å². The zero-order valence-corrected chi connectivity index (χ0v) is 11.0. The maximum absolute atomic E-state index is 12.1. The van der Waals surface area contributed by atoms with E-state index in [1.165, 1.54) is 19.3 Å². The van der Waals surface area contributed by atoms with Crippen LogP contribution < -0.4 is 11.1 Å². The van der Waals surface area contributed by atoms with Crippen molar-refractivity contribution < 1.29 is 4.79 Å². The number of carbonyl (C=O) groups excluding carboxylic acids is 1. The van der Waals surface area contributed by atoms with Crippen LogP contribution in [0.3, 0.4) is 0 Å². The van der Waals surface area contributed by atoms with Crippen molar-refractivity contribution in [1.82, 2.24) is 0 Å². The number of rotatable bonds is 3. The van der Waals surface area contributed by atoms with E-state index < -0.39 is 0 Å². The Bertz CT molecular complexity index is 391. The minimum atomic E-state index is 0.0353. The van der Waals surface area contributed by atoms with Gasteiger partial charge in [-0.2, -0.15) is 0 Å². The summed E-state index contributed by atoms with van der Waals surface area (Å²) >= 11 is 0. The SMILES string of the molecule is C[C@H](N)c1ccc(NC(=O)C2CCCCC2)cc1. The van der Waals surface area contributed by atoms with E-state index in [2.05, 4.69) is 5.32 Å². The minimum absolute atomic E-state index is 0.0353. The molecule has 3 N–H and O–H groups in total. The molecule has 0 spiro atoms. The lowest BCUT2D eigenvalue weighted by atomic mass is 9.88. The van der Waals surface area contributed by atoms with Crippen LogP contribution in [-0.2, 0) is 4.79 Å². The summed E-state index contributed by atoms with van der Waals surface area (Å²) in [5.74, 6) is 0.370. The molecule has 0 unspecified atom stereocenters. The first-order valence-corrected chi connectivity index (χ1v) is 6.83. The molecule has 1 aromatic carbocycles. The first-order chi connectivity index (χ1) is 8.66. The van der Waals surface area contributed by atoms with Crippen LogP contribution in [-0.4, -0.2) is 5.91 Å². The van der Waals surface area contributed by atoms with Crippen molar-refractivity contribution in [3.05, 3.63) is 29.8 Å². The summed E-state index contributed by atoms with van der Waals surface area (Å²) in [5.41, 5.74) is 7.75. The van der Waals surface area contributed by atoms with Gasteiger partial charge in [-0.1, -0.05) is 31.4 Å². The summed E-state index contributed by atoms with van der Waals surface area (Å²) in [5, 5.41) is 3.00. The van der Waals surface area contributed by atoms with E-state index in [1.807, 2.05) is 31.2 Å². The number of carbonyl (C=O) groups is 1. The van der Waals surface area contributed by atoms with Gasteiger partial charge in [0.25, 0.3) is 0 Å². The van der Waals surface area contributed by atoms with Crippen LogP contribution in [0.4, 0.5) is 5.69 Å². The maximum Gasteiger partial charge on any atom is 0.227 e. The van der Waals surface area contributed by atoms with Crippen molar-refractivity contribution in [3.63, 3.8) is 0 Å². The number of nitrogens with one attached hydrogen (secondary N) is 1. The fourth-order valence-electron chi connectivity index (χ4n) is 2.48. The van der Waals surface area contributed by atoms with Crippen LogP contribution in [0.2, 0.25) is 0 Å². The van der Waals surface area contributed by atoms with Crippen molar-refractivity contribution in [2.24, 2.45) is 11.7 Å². The van der Waals surface area contributed by atoms with Gasteiger partial charge in [0.15, 0.2) is 0 Å². The van der Waals surface area contributed by atoms with Gasteiger partial charge in [0, 0.05) is 17.6 Å². The third-order valence-electron chi connectivity index (χ3n) is 3.68. The monoisotopic (exact) mass is 246 g/mol. The van der Waals surface area contributed by atoms with Gasteiger partial charge in [0.05, 0.1) is 0 Å². The van der Waals surface area contributed by atoms with Gasteiger partial charge in [0.1, 0.15) is 0 Å². The van der Waals surface area contributed by atoms with E-state index in [4.69, 9.17) is 5.73 Å². The number of anilines is 1. The Hall–Kier alpha value is -1.35. The van der Waals surface area contributed by atoms with Crippen LogP contribution >= 0.6 is 0 Å². The number of hydrogen-bond acceptors (Lipinski definition) is 2. The average molecular weight is 246 g/mol. The first kappa shape index (κ1) is 13.1. The summed E-state index contributed by atoms with van der Waals surface area (Å²) < 4.78 is 0. The van der Waals surface area contributed by atoms with E-state index in [0.717, 1.165) is 24.1 Å². The summed E-state index contributed by atoms with van der Waals surface area (Å²) in [6.07, 6.45) is 5.70. The topological polar surface area (TPSA) is 55.1 Å². The third kappa shape index (κ3) is 3.33. The molecule has 1 amide bonds. The molecular formula is C15H22N2O. The van der Waals surface area contributed by atoms with Crippen molar-refractivity contribution >= 4 is 11.6 Å². The van der Waals surface area contributed by atoms with Gasteiger partial charge in [-0.3, -0.25) is 4.79 Å². The zero-order chi connectivity index (χ0) is 13.0. The number of amides is 1. The number of nitrogens with two attached hydrogens (primary N) is 1. The molecule has 3 nitrogen and oxygen atoms in total. The minimum Gasteiger partial charge on any atom is -0.326 e. The van der Waals surface area contributed by atoms with E-state index in [0.29, 0.717) is 0 Å². The van der Waals surface area contributed by atoms with Gasteiger partial charge in [-0.05, 0) is 37.5 Å². The van der Waals surface area contributed by atoms with Gasteiger partial charge < -0.3 is 11.1 Å². The van der Waals surface area contributed by atoms with Crippen molar-refractivity contribution in [2.75, 3.05) is 5.32 Å². The van der Waals surface area contributed by atoms with Gasteiger partial charge in [-0.15, -0.1) is 0 Å². The number of benzene rings is 1. The van der Waals surface area contributed by atoms with E-state index >= 15 is 0 Å². The molecule has 0 saturated heterocycles. The van der Waals surface area contributed by atoms with Crippen molar-refractivity contribution in [2.45, 2.75) is 45.1 Å². The standard InChI is InChI=1S/C15H22N2O/c1-11(16)12-7-9-14(10-8-12)17-15(18)13-5-3-2-4-6-13/h7-11,13H,2-6,16H2,1H3,(H,17,18)/t11-/m0/s1. The molecule has 18 heavy (non-hydrogen) atoms. The molecule has 3 heteroatoms. The summed E-state index contributed by atoms with van der Waals surface area (Å²) in [6.45, 7) is 1.95. The summed E-state index contributed by atoms with van der Waals surface area (Å²) in [4.78, 5) is 12.1. The summed E-state index contributed by atoms with van der Waals surface area (Å²) in [6, 6.07) is 7.84. The smallest absolute Gasteiger partial charge is 0.227 e. The third-order valence-corrected chi connectivity index (χ3v) is 3.68. The van der Waals surface area contributed by atoms with E-state index in [9.17, 15) is 4.79 Å². The highest BCUT2D eigenvalue weighted by atomic mass is 16.1. The molecule has 1 saturated carbocycles. The van der Waals surface area contributed by atoms with Crippen LogP contribution in [0.1, 0.15) is 50.6 Å². The normalized spacial score (nSPS) is 18.3. The Kier molecular flexibility index (Phi) is 4.37. The molecule has 0 aromatic heterocycles. The molecule has 1 aliphatic carbocycles. The van der Waals surface area contributed by atoms with Gasteiger partial charge >= 0.3 is 0 Å². The number of hydrogen-bond donors (Lipinski definition) is 2. The Balaban J connectivity index is 1.94. The molecule has 2 rings (SSSR count). The highest BCUT2D eigenvalue weighted by Crippen LogP contribution is 2.25. The molecule has 98 valence electrons. The van der Waals surface area contributed by atoms with Crippen LogP contribution in [0.5, 0.6) is 0 Å². The lowest BCUT2D eigenvalue weighted by Crippen LogP contribution is -2.24. The van der Waals surface area contributed by atoms with Crippen LogP contribution in [0.15, 0.2) is 24.3 Å². The lowest BCUT2D eigenvalue weighted by Gasteiger charge is -2.20. The first-order valence-electron chi connectivity index (χ1n) is 6.83.